The molecule has 2 aromatic carbocycles. The molecular formula is C12H9N3O4. The molecule has 0 aliphatic heterocycles. The molecule has 0 atom stereocenters. The van der Waals surface area contributed by atoms with Crippen molar-refractivity contribution in [2.75, 3.05) is 0 Å². The van der Waals surface area contributed by atoms with Crippen LogP contribution in [-0.4, -0.2) is 15.1 Å². The number of phenols is 2. The lowest BCUT2D eigenvalue weighted by Gasteiger charge is -1.98. The van der Waals surface area contributed by atoms with E-state index in [1.54, 1.807) is 6.07 Å². The fourth-order valence-corrected chi connectivity index (χ4v) is 1.38. The van der Waals surface area contributed by atoms with Gasteiger partial charge in [0.15, 0.2) is 0 Å². The molecule has 0 saturated carbocycles. The number of hydrogen-bond donors (Lipinski definition) is 2. The highest BCUT2D eigenvalue weighted by Gasteiger charge is 2.05. The standard InChI is InChI=1S/C12H9N3O4/c16-10-4-5-11(12(17)7-10)14-13-8-2-1-3-9(6-8)15(18)19/h1-7,16-17H. The van der Waals surface area contributed by atoms with Gasteiger partial charge in [-0.05, 0) is 18.2 Å². The SMILES string of the molecule is O=[N+]([O-])c1cccc(N=Nc2ccc(O)cc2O)c1. The van der Waals surface area contributed by atoms with Crippen molar-refractivity contribution >= 4 is 17.1 Å². The minimum atomic E-state index is -0.531. The van der Waals surface area contributed by atoms with Gasteiger partial charge in [-0.1, -0.05) is 6.07 Å². The summed E-state index contributed by atoms with van der Waals surface area (Å²) in [6.45, 7) is 0. The van der Waals surface area contributed by atoms with E-state index < -0.39 is 4.92 Å². The number of azo groups is 1. The van der Waals surface area contributed by atoms with Crippen molar-refractivity contribution in [1.82, 2.24) is 0 Å². The molecular weight excluding hydrogens is 250 g/mol. The van der Waals surface area contributed by atoms with E-state index in [0.717, 1.165) is 6.07 Å². The Morgan fingerprint density at radius 1 is 1.05 bits per heavy atom. The number of rotatable bonds is 3. The Morgan fingerprint density at radius 3 is 2.53 bits per heavy atom. The zero-order valence-corrected chi connectivity index (χ0v) is 9.59. The minimum Gasteiger partial charge on any atom is -0.508 e. The van der Waals surface area contributed by atoms with Gasteiger partial charge in [0, 0.05) is 18.2 Å². The molecule has 0 saturated heterocycles. The van der Waals surface area contributed by atoms with Gasteiger partial charge in [0.1, 0.15) is 17.2 Å². The normalized spacial score (nSPS) is 10.7. The number of nitro benzene ring substituents is 1. The monoisotopic (exact) mass is 259 g/mol. The summed E-state index contributed by atoms with van der Waals surface area (Å²) in [6.07, 6.45) is 0. The molecule has 0 aliphatic carbocycles. The number of aromatic hydroxyl groups is 2. The lowest BCUT2D eigenvalue weighted by molar-refractivity contribution is -0.384. The summed E-state index contributed by atoms with van der Waals surface area (Å²) in [5.74, 6) is -0.319. The first-order valence-electron chi connectivity index (χ1n) is 5.24. The first-order valence-corrected chi connectivity index (χ1v) is 5.24. The van der Waals surface area contributed by atoms with Crippen LogP contribution < -0.4 is 0 Å². The van der Waals surface area contributed by atoms with Gasteiger partial charge in [0.05, 0.1) is 10.6 Å². The van der Waals surface area contributed by atoms with Gasteiger partial charge in [-0.2, -0.15) is 5.11 Å². The van der Waals surface area contributed by atoms with Crippen LogP contribution in [0.15, 0.2) is 52.7 Å². The van der Waals surface area contributed by atoms with Crippen LogP contribution in [0.25, 0.3) is 0 Å². The molecule has 0 fully saturated rings. The van der Waals surface area contributed by atoms with Crippen molar-refractivity contribution in [3.8, 4) is 11.5 Å². The van der Waals surface area contributed by atoms with Crippen LogP contribution in [0.5, 0.6) is 11.5 Å². The summed E-state index contributed by atoms with van der Waals surface area (Å²) in [6, 6.07) is 9.50. The number of benzene rings is 2. The molecule has 7 nitrogen and oxygen atoms in total. The maximum Gasteiger partial charge on any atom is 0.271 e. The molecule has 0 amide bonds. The Morgan fingerprint density at radius 2 is 1.84 bits per heavy atom. The Kier molecular flexibility index (Phi) is 3.37. The highest BCUT2D eigenvalue weighted by molar-refractivity contribution is 5.54. The largest absolute Gasteiger partial charge is 0.508 e. The topological polar surface area (TPSA) is 108 Å². The van der Waals surface area contributed by atoms with Crippen molar-refractivity contribution in [2.24, 2.45) is 10.2 Å². The van der Waals surface area contributed by atoms with Crippen LogP contribution in [0.2, 0.25) is 0 Å². The summed E-state index contributed by atoms with van der Waals surface area (Å²) < 4.78 is 0. The number of phenolic OH excluding ortho intramolecular Hbond substituents is 2. The first kappa shape index (κ1) is 12.5. The summed E-state index contributed by atoms with van der Waals surface area (Å²) >= 11 is 0. The third kappa shape index (κ3) is 3.03. The highest BCUT2D eigenvalue weighted by Crippen LogP contribution is 2.31. The van der Waals surface area contributed by atoms with E-state index in [2.05, 4.69) is 10.2 Å². The smallest absolute Gasteiger partial charge is 0.271 e. The number of nitro groups is 1. The van der Waals surface area contributed by atoms with E-state index >= 15 is 0 Å². The maximum atomic E-state index is 10.6. The lowest BCUT2D eigenvalue weighted by Crippen LogP contribution is -1.85. The van der Waals surface area contributed by atoms with Crippen molar-refractivity contribution in [3.63, 3.8) is 0 Å². The van der Waals surface area contributed by atoms with E-state index in [9.17, 15) is 15.2 Å². The van der Waals surface area contributed by atoms with Crippen LogP contribution >= 0.6 is 0 Å². The zero-order valence-electron chi connectivity index (χ0n) is 9.59. The lowest BCUT2D eigenvalue weighted by atomic mass is 10.3. The Balaban J connectivity index is 2.27. The van der Waals surface area contributed by atoms with Gasteiger partial charge in [0.25, 0.3) is 5.69 Å². The van der Waals surface area contributed by atoms with Gasteiger partial charge in [-0.25, -0.2) is 0 Å². The van der Waals surface area contributed by atoms with Gasteiger partial charge < -0.3 is 10.2 Å². The number of nitrogens with zero attached hydrogens (tertiary/aromatic N) is 3. The molecule has 19 heavy (non-hydrogen) atoms. The second-order valence-electron chi connectivity index (χ2n) is 3.65. The fourth-order valence-electron chi connectivity index (χ4n) is 1.38. The first-order chi connectivity index (χ1) is 9.06. The van der Waals surface area contributed by atoms with Crippen molar-refractivity contribution in [1.29, 1.82) is 0 Å². The molecule has 2 N–H and O–H groups in total. The van der Waals surface area contributed by atoms with Crippen molar-refractivity contribution in [2.45, 2.75) is 0 Å². The summed E-state index contributed by atoms with van der Waals surface area (Å²) in [4.78, 5) is 10.1. The predicted molar refractivity (Wildman–Crippen MR) is 67.0 cm³/mol. The van der Waals surface area contributed by atoms with Gasteiger partial charge in [0.2, 0.25) is 0 Å². The summed E-state index contributed by atoms with van der Waals surface area (Å²) in [5.41, 5.74) is 0.359. The van der Waals surface area contributed by atoms with E-state index in [4.69, 9.17) is 5.11 Å². The quantitative estimate of drug-likeness (QED) is 0.500. The Bertz CT molecular complexity index is 655. The summed E-state index contributed by atoms with van der Waals surface area (Å²) in [7, 11) is 0. The molecule has 0 heterocycles. The number of hydrogen-bond acceptors (Lipinski definition) is 6. The fraction of sp³-hybridized carbons (Fsp3) is 0. The van der Waals surface area contributed by atoms with Gasteiger partial charge in [-0.3, -0.25) is 10.1 Å². The maximum absolute atomic E-state index is 10.6. The van der Waals surface area contributed by atoms with Crippen LogP contribution in [0.1, 0.15) is 0 Å². The average Bonchev–Trinajstić information content (AvgIpc) is 2.38. The molecule has 2 aromatic rings. The van der Waals surface area contributed by atoms with E-state index in [1.807, 2.05) is 0 Å². The zero-order chi connectivity index (χ0) is 13.8. The molecule has 0 aromatic heterocycles. The van der Waals surface area contributed by atoms with Crippen molar-refractivity contribution < 1.29 is 15.1 Å². The predicted octanol–water partition coefficient (Wildman–Crippen LogP) is 3.42. The molecule has 0 unspecified atom stereocenters. The van der Waals surface area contributed by atoms with Crippen LogP contribution in [-0.2, 0) is 0 Å². The summed E-state index contributed by atoms with van der Waals surface area (Å²) in [5, 5.41) is 36.7. The Hall–Kier alpha value is -2.96. The van der Waals surface area contributed by atoms with E-state index in [1.165, 1.54) is 30.3 Å². The van der Waals surface area contributed by atoms with E-state index in [-0.39, 0.29) is 22.9 Å². The van der Waals surface area contributed by atoms with E-state index in [0.29, 0.717) is 5.69 Å². The molecule has 0 spiro atoms. The van der Waals surface area contributed by atoms with Crippen LogP contribution in [0, 0.1) is 10.1 Å². The average molecular weight is 259 g/mol. The molecule has 0 aliphatic rings. The second kappa shape index (κ2) is 5.13. The molecule has 2 rings (SSSR count). The van der Waals surface area contributed by atoms with Gasteiger partial charge in [-0.15, -0.1) is 5.11 Å². The minimum absolute atomic E-state index is 0.0909. The third-order valence-corrected chi connectivity index (χ3v) is 2.27. The number of non-ortho nitro benzene ring substituents is 1. The second-order valence-corrected chi connectivity index (χ2v) is 3.65. The molecule has 96 valence electrons. The molecule has 0 radical (unpaired) electrons. The Labute approximate surface area is 107 Å². The highest BCUT2D eigenvalue weighted by atomic mass is 16.6. The molecule has 0 bridgehead atoms. The van der Waals surface area contributed by atoms with Crippen LogP contribution in [0.4, 0.5) is 17.1 Å². The third-order valence-electron chi connectivity index (χ3n) is 2.27. The van der Waals surface area contributed by atoms with Gasteiger partial charge >= 0.3 is 0 Å². The van der Waals surface area contributed by atoms with Crippen molar-refractivity contribution in [3.05, 3.63) is 52.6 Å². The van der Waals surface area contributed by atoms with Crippen LogP contribution in [0.3, 0.4) is 0 Å². The molecule has 7 heteroatoms.